The summed E-state index contributed by atoms with van der Waals surface area (Å²) in [4.78, 5) is 22.4. The van der Waals surface area contributed by atoms with Gasteiger partial charge in [-0.1, -0.05) is 0 Å². The number of esters is 1. The lowest BCUT2D eigenvalue weighted by molar-refractivity contribution is -0.113. The first-order valence-corrected chi connectivity index (χ1v) is 5.48. The van der Waals surface area contributed by atoms with E-state index < -0.39 is 11.9 Å². The van der Waals surface area contributed by atoms with Crippen LogP contribution in [-0.4, -0.2) is 29.5 Å². The Morgan fingerprint density at radius 1 is 1.47 bits per heavy atom. The minimum absolute atomic E-state index is 0.0516. The number of carbonyl (C=O) groups is 2. The average Bonchev–Trinajstić information content (AvgIpc) is 2.29. The molecule has 92 valence electrons. The normalized spacial score (nSPS) is 9.76. The Balaban J connectivity index is 2.86. The summed E-state index contributed by atoms with van der Waals surface area (Å²) in [5.74, 6) is -1.44. The molecule has 0 heterocycles. The van der Waals surface area contributed by atoms with E-state index in [0.29, 0.717) is 5.69 Å². The first-order chi connectivity index (χ1) is 8.08. The minimum Gasteiger partial charge on any atom is -0.507 e. The van der Waals surface area contributed by atoms with E-state index >= 15 is 0 Å². The van der Waals surface area contributed by atoms with Crippen molar-refractivity contribution in [2.24, 2.45) is 0 Å². The number of anilines is 1. The second-order valence-corrected chi connectivity index (χ2v) is 3.40. The Morgan fingerprint density at radius 2 is 2.18 bits per heavy atom. The zero-order valence-electron chi connectivity index (χ0n) is 9.20. The summed E-state index contributed by atoms with van der Waals surface area (Å²) in [5, 5.41) is 12.0. The largest absolute Gasteiger partial charge is 0.507 e. The second-order valence-electron chi connectivity index (χ2n) is 3.13. The molecule has 0 aromatic heterocycles. The Labute approximate surface area is 103 Å². The molecule has 0 aliphatic carbocycles. The fourth-order valence-corrected chi connectivity index (χ4v) is 1.25. The fraction of sp³-hybridized carbons (Fsp3) is 0.273. The van der Waals surface area contributed by atoms with Crippen molar-refractivity contribution in [3.8, 4) is 5.75 Å². The highest BCUT2D eigenvalue weighted by atomic mass is 35.5. The van der Waals surface area contributed by atoms with Crippen LogP contribution in [0.1, 0.15) is 17.3 Å². The number of phenolic OH excluding ortho intramolecular Hbond substituents is 1. The van der Waals surface area contributed by atoms with Crippen molar-refractivity contribution >= 4 is 29.2 Å². The maximum Gasteiger partial charge on any atom is 0.341 e. The molecule has 0 aliphatic rings. The van der Waals surface area contributed by atoms with Crippen LogP contribution in [0.3, 0.4) is 0 Å². The predicted molar refractivity (Wildman–Crippen MR) is 63.4 cm³/mol. The first kappa shape index (κ1) is 13.3. The number of aromatic hydroxyl groups is 1. The quantitative estimate of drug-likeness (QED) is 0.636. The zero-order chi connectivity index (χ0) is 12.8. The molecule has 0 spiro atoms. The predicted octanol–water partition coefficient (Wildman–Crippen LogP) is 1.75. The summed E-state index contributed by atoms with van der Waals surface area (Å²) >= 11 is 5.32. The van der Waals surface area contributed by atoms with E-state index in [1.54, 1.807) is 6.92 Å². The molecule has 17 heavy (non-hydrogen) atoms. The van der Waals surface area contributed by atoms with Crippen LogP contribution in [0.2, 0.25) is 0 Å². The van der Waals surface area contributed by atoms with Gasteiger partial charge in [0.25, 0.3) is 0 Å². The van der Waals surface area contributed by atoms with Crippen LogP contribution in [0.25, 0.3) is 0 Å². The summed E-state index contributed by atoms with van der Waals surface area (Å²) in [6.07, 6.45) is 0. The number of benzene rings is 1. The maximum atomic E-state index is 11.4. The van der Waals surface area contributed by atoms with E-state index in [1.165, 1.54) is 18.2 Å². The first-order valence-electron chi connectivity index (χ1n) is 4.94. The summed E-state index contributed by atoms with van der Waals surface area (Å²) in [7, 11) is 0. The molecule has 1 aromatic rings. The van der Waals surface area contributed by atoms with Crippen molar-refractivity contribution < 1.29 is 19.4 Å². The topological polar surface area (TPSA) is 75.6 Å². The van der Waals surface area contributed by atoms with Gasteiger partial charge >= 0.3 is 5.97 Å². The minimum atomic E-state index is -0.611. The van der Waals surface area contributed by atoms with Crippen LogP contribution < -0.4 is 5.32 Å². The van der Waals surface area contributed by atoms with Gasteiger partial charge in [-0.2, -0.15) is 0 Å². The van der Waals surface area contributed by atoms with Gasteiger partial charge in [-0.15, -0.1) is 11.6 Å². The summed E-state index contributed by atoms with van der Waals surface area (Å²) in [6.45, 7) is 1.90. The van der Waals surface area contributed by atoms with E-state index in [9.17, 15) is 14.7 Å². The van der Waals surface area contributed by atoms with Crippen molar-refractivity contribution in [1.82, 2.24) is 0 Å². The van der Waals surface area contributed by atoms with Gasteiger partial charge in [0.2, 0.25) is 5.91 Å². The van der Waals surface area contributed by atoms with Gasteiger partial charge in [0.05, 0.1) is 6.61 Å². The third kappa shape index (κ3) is 3.64. The fourth-order valence-electron chi connectivity index (χ4n) is 1.19. The van der Waals surface area contributed by atoms with Gasteiger partial charge in [0.15, 0.2) is 0 Å². The molecule has 0 unspecified atom stereocenters. The Hall–Kier alpha value is -1.75. The number of phenols is 1. The highest BCUT2D eigenvalue weighted by molar-refractivity contribution is 6.29. The summed E-state index contributed by atoms with van der Waals surface area (Å²) < 4.78 is 4.74. The van der Waals surface area contributed by atoms with Crippen LogP contribution in [0.5, 0.6) is 5.75 Å². The number of rotatable bonds is 4. The number of halogens is 1. The molecular formula is C11H12ClNO4. The Kier molecular flexibility index (Phi) is 4.78. The Bertz CT molecular complexity index is 433. The van der Waals surface area contributed by atoms with E-state index in [0.717, 1.165) is 0 Å². The van der Waals surface area contributed by atoms with E-state index in [-0.39, 0.29) is 23.8 Å². The smallest absolute Gasteiger partial charge is 0.341 e. The number of ether oxygens (including phenoxy) is 1. The Morgan fingerprint density at radius 3 is 2.71 bits per heavy atom. The highest BCUT2D eigenvalue weighted by Crippen LogP contribution is 2.22. The molecule has 0 saturated heterocycles. The van der Waals surface area contributed by atoms with Crippen molar-refractivity contribution in [3.05, 3.63) is 23.8 Å². The lowest BCUT2D eigenvalue weighted by atomic mass is 10.2. The molecule has 6 heteroatoms. The third-order valence-corrected chi connectivity index (χ3v) is 2.14. The molecule has 5 nitrogen and oxygen atoms in total. The SMILES string of the molecule is CCOC(=O)c1ccc(NC(=O)CCl)cc1O. The molecule has 1 aromatic carbocycles. The van der Waals surface area contributed by atoms with Gasteiger partial charge in [-0.3, -0.25) is 4.79 Å². The van der Waals surface area contributed by atoms with Crippen molar-refractivity contribution in [1.29, 1.82) is 0 Å². The van der Waals surface area contributed by atoms with Crippen molar-refractivity contribution in [2.45, 2.75) is 6.92 Å². The van der Waals surface area contributed by atoms with Gasteiger partial charge in [0.1, 0.15) is 17.2 Å². The van der Waals surface area contributed by atoms with Gasteiger partial charge in [-0.05, 0) is 19.1 Å². The van der Waals surface area contributed by atoms with Crippen LogP contribution in [-0.2, 0) is 9.53 Å². The molecule has 2 N–H and O–H groups in total. The van der Waals surface area contributed by atoms with E-state index in [1.807, 2.05) is 0 Å². The molecule has 0 saturated carbocycles. The van der Waals surface area contributed by atoms with E-state index in [4.69, 9.17) is 16.3 Å². The van der Waals surface area contributed by atoms with Gasteiger partial charge < -0.3 is 15.2 Å². The monoisotopic (exact) mass is 257 g/mol. The molecule has 1 rings (SSSR count). The number of alkyl halides is 1. The molecule has 0 aliphatic heterocycles. The van der Waals surface area contributed by atoms with Crippen molar-refractivity contribution in [3.63, 3.8) is 0 Å². The number of hydrogen-bond acceptors (Lipinski definition) is 4. The van der Waals surface area contributed by atoms with E-state index in [2.05, 4.69) is 5.32 Å². The summed E-state index contributed by atoms with van der Waals surface area (Å²) in [6, 6.07) is 4.12. The van der Waals surface area contributed by atoms with Crippen LogP contribution in [0.4, 0.5) is 5.69 Å². The van der Waals surface area contributed by atoms with Crippen molar-refractivity contribution in [2.75, 3.05) is 17.8 Å². The number of amides is 1. The number of hydrogen-bond donors (Lipinski definition) is 2. The molecule has 0 bridgehead atoms. The number of nitrogens with one attached hydrogen (secondary N) is 1. The lowest BCUT2D eigenvalue weighted by Crippen LogP contribution is -2.13. The highest BCUT2D eigenvalue weighted by Gasteiger charge is 2.12. The van der Waals surface area contributed by atoms with Crippen LogP contribution >= 0.6 is 11.6 Å². The number of carbonyl (C=O) groups excluding carboxylic acids is 2. The zero-order valence-corrected chi connectivity index (χ0v) is 9.95. The average molecular weight is 258 g/mol. The molecule has 0 atom stereocenters. The van der Waals surface area contributed by atoms with Crippen LogP contribution in [0, 0.1) is 0 Å². The molecule has 0 radical (unpaired) electrons. The third-order valence-electron chi connectivity index (χ3n) is 1.90. The van der Waals surface area contributed by atoms with Gasteiger partial charge in [-0.25, -0.2) is 4.79 Å². The standard InChI is InChI=1S/C11H12ClNO4/c1-2-17-11(16)8-4-3-7(5-9(8)14)13-10(15)6-12/h3-5,14H,2,6H2,1H3,(H,13,15). The maximum absolute atomic E-state index is 11.4. The second kappa shape index (κ2) is 6.10. The van der Waals surface area contributed by atoms with Crippen LogP contribution in [0.15, 0.2) is 18.2 Å². The lowest BCUT2D eigenvalue weighted by Gasteiger charge is -2.07. The van der Waals surface area contributed by atoms with Gasteiger partial charge in [0, 0.05) is 11.8 Å². The molecular weight excluding hydrogens is 246 g/mol. The molecule has 1 amide bonds. The summed E-state index contributed by atoms with van der Waals surface area (Å²) in [5.41, 5.74) is 0.414. The molecule has 0 fully saturated rings.